The van der Waals surface area contributed by atoms with Gasteiger partial charge in [-0.15, -0.1) is 0 Å². The van der Waals surface area contributed by atoms with Crippen LogP contribution in [0.4, 0.5) is 8.78 Å². The summed E-state index contributed by atoms with van der Waals surface area (Å²) in [6.07, 6.45) is 4.29. The highest BCUT2D eigenvalue weighted by Gasteiger charge is 2.63. The highest BCUT2D eigenvalue weighted by atomic mass is 19.2. The summed E-state index contributed by atoms with van der Waals surface area (Å²) in [7, 11) is 1.53. The van der Waals surface area contributed by atoms with Crippen molar-refractivity contribution < 1.29 is 28.2 Å². The number of aromatic nitrogens is 2. The molecular formula is C18H20F2N2O4. The minimum absolute atomic E-state index is 0.0526. The standard InChI is InChI=1S/C18H20F2N2O4/c1-10-21-7-16(15(22-10)8-25-2)26-9-18(6-12(18)17(23)24)11-3-4-13(19)14(20)5-11/h3-4,7,11-12H,5-6,8-9H2,1-2H3,(H,23,24)/t11?,12-,18+/m0/s1. The third kappa shape index (κ3) is 3.46. The van der Waals surface area contributed by atoms with E-state index in [-0.39, 0.29) is 19.6 Å². The predicted molar refractivity (Wildman–Crippen MR) is 87.6 cm³/mol. The van der Waals surface area contributed by atoms with E-state index >= 15 is 0 Å². The number of carboxylic acid groups (broad SMARTS) is 1. The van der Waals surface area contributed by atoms with Crippen LogP contribution in [-0.4, -0.2) is 34.8 Å². The van der Waals surface area contributed by atoms with Crippen LogP contribution in [0.1, 0.15) is 24.4 Å². The van der Waals surface area contributed by atoms with Crippen LogP contribution < -0.4 is 4.74 Å². The molecule has 0 spiro atoms. The van der Waals surface area contributed by atoms with Crippen LogP contribution >= 0.6 is 0 Å². The molecule has 1 N–H and O–H groups in total. The summed E-state index contributed by atoms with van der Waals surface area (Å²) >= 11 is 0. The van der Waals surface area contributed by atoms with Gasteiger partial charge < -0.3 is 14.6 Å². The first kappa shape index (κ1) is 18.4. The van der Waals surface area contributed by atoms with Crippen molar-refractivity contribution >= 4 is 5.97 Å². The molecule has 26 heavy (non-hydrogen) atoms. The normalized spacial score (nSPS) is 27.5. The molecule has 0 amide bonds. The molecule has 0 aliphatic heterocycles. The molecule has 6 nitrogen and oxygen atoms in total. The van der Waals surface area contributed by atoms with Crippen LogP contribution in [0.2, 0.25) is 0 Å². The highest BCUT2D eigenvalue weighted by molar-refractivity contribution is 5.75. The van der Waals surface area contributed by atoms with Crippen molar-refractivity contribution in [1.29, 1.82) is 0 Å². The Morgan fingerprint density at radius 1 is 1.46 bits per heavy atom. The van der Waals surface area contributed by atoms with E-state index < -0.39 is 34.9 Å². The van der Waals surface area contributed by atoms with E-state index in [1.54, 1.807) is 6.92 Å². The van der Waals surface area contributed by atoms with Crippen molar-refractivity contribution in [3.05, 3.63) is 41.5 Å². The van der Waals surface area contributed by atoms with Gasteiger partial charge >= 0.3 is 5.97 Å². The van der Waals surface area contributed by atoms with Gasteiger partial charge in [0, 0.05) is 18.9 Å². The summed E-state index contributed by atoms with van der Waals surface area (Å²) < 4.78 is 37.9. The number of methoxy groups -OCH3 is 1. The Hall–Kier alpha value is -2.35. The van der Waals surface area contributed by atoms with Gasteiger partial charge in [-0.2, -0.15) is 0 Å². The van der Waals surface area contributed by atoms with Gasteiger partial charge in [-0.05, 0) is 25.3 Å². The molecule has 1 aromatic rings. The van der Waals surface area contributed by atoms with Gasteiger partial charge in [0.1, 0.15) is 17.3 Å². The van der Waals surface area contributed by atoms with Crippen molar-refractivity contribution in [1.82, 2.24) is 9.97 Å². The van der Waals surface area contributed by atoms with Crippen LogP contribution in [0, 0.1) is 24.2 Å². The van der Waals surface area contributed by atoms with E-state index in [2.05, 4.69) is 9.97 Å². The third-order valence-electron chi connectivity index (χ3n) is 5.01. The molecule has 140 valence electrons. The molecule has 0 bridgehead atoms. The van der Waals surface area contributed by atoms with E-state index in [4.69, 9.17) is 9.47 Å². The molecule has 1 unspecified atom stereocenters. The summed E-state index contributed by atoms with van der Waals surface area (Å²) in [6.45, 7) is 2.01. The number of ether oxygens (including phenoxy) is 2. The van der Waals surface area contributed by atoms with Gasteiger partial charge in [0.05, 0.1) is 25.3 Å². The van der Waals surface area contributed by atoms with Crippen molar-refractivity contribution in [2.75, 3.05) is 13.7 Å². The second-order valence-electron chi connectivity index (χ2n) is 6.70. The lowest BCUT2D eigenvalue weighted by atomic mass is 9.82. The molecule has 2 aliphatic carbocycles. The number of aryl methyl sites for hydroxylation is 1. The fourth-order valence-electron chi connectivity index (χ4n) is 3.45. The second-order valence-corrected chi connectivity index (χ2v) is 6.70. The molecule has 0 aromatic carbocycles. The quantitative estimate of drug-likeness (QED) is 0.798. The lowest BCUT2D eigenvalue weighted by Gasteiger charge is -2.27. The van der Waals surface area contributed by atoms with Crippen LogP contribution in [0.5, 0.6) is 5.75 Å². The first-order valence-corrected chi connectivity index (χ1v) is 8.27. The molecule has 1 fully saturated rings. The molecule has 1 saturated carbocycles. The van der Waals surface area contributed by atoms with E-state index in [1.165, 1.54) is 19.4 Å². The lowest BCUT2D eigenvalue weighted by molar-refractivity contribution is -0.140. The fraction of sp³-hybridized carbons (Fsp3) is 0.500. The minimum Gasteiger partial charge on any atom is -0.489 e. The van der Waals surface area contributed by atoms with Gasteiger partial charge in [-0.1, -0.05) is 6.08 Å². The largest absolute Gasteiger partial charge is 0.489 e. The molecule has 0 radical (unpaired) electrons. The average Bonchev–Trinajstić information content (AvgIpc) is 3.33. The Kier molecular flexibility index (Phi) is 5.04. The maximum Gasteiger partial charge on any atom is 0.307 e. The summed E-state index contributed by atoms with van der Waals surface area (Å²) in [5.41, 5.74) is -0.228. The zero-order chi connectivity index (χ0) is 18.9. The van der Waals surface area contributed by atoms with Crippen molar-refractivity contribution in [2.24, 2.45) is 17.3 Å². The predicted octanol–water partition coefficient (Wildman–Crippen LogP) is 3.13. The summed E-state index contributed by atoms with van der Waals surface area (Å²) in [5.74, 6) is -2.87. The van der Waals surface area contributed by atoms with Gasteiger partial charge in [0.2, 0.25) is 0 Å². The SMILES string of the molecule is COCc1nc(C)ncc1OC[C@@]1(C2C=CC(F)=C(F)C2)C[C@H]1C(=O)O. The maximum absolute atomic E-state index is 13.7. The van der Waals surface area contributed by atoms with E-state index in [0.717, 1.165) is 6.08 Å². The summed E-state index contributed by atoms with van der Waals surface area (Å²) in [5, 5.41) is 9.41. The van der Waals surface area contributed by atoms with Crippen LogP contribution in [0.15, 0.2) is 30.0 Å². The lowest BCUT2D eigenvalue weighted by Crippen LogP contribution is -2.28. The fourth-order valence-corrected chi connectivity index (χ4v) is 3.45. The smallest absolute Gasteiger partial charge is 0.307 e. The number of halogens is 2. The van der Waals surface area contributed by atoms with Crippen LogP contribution in [0.25, 0.3) is 0 Å². The van der Waals surface area contributed by atoms with Crippen molar-refractivity contribution in [3.8, 4) is 5.75 Å². The highest BCUT2D eigenvalue weighted by Crippen LogP contribution is 2.61. The minimum atomic E-state index is -0.963. The third-order valence-corrected chi connectivity index (χ3v) is 5.01. The molecule has 2 aliphatic rings. The number of hydrogen-bond acceptors (Lipinski definition) is 5. The molecule has 8 heteroatoms. The second kappa shape index (κ2) is 7.11. The Morgan fingerprint density at radius 3 is 2.85 bits per heavy atom. The van der Waals surface area contributed by atoms with E-state index in [9.17, 15) is 18.7 Å². The Morgan fingerprint density at radius 2 is 2.23 bits per heavy atom. The number of rotatable bonds is 7. The van der Waals surface area contributed by atoms with Gasteiger partial charge in [0.15, 0.2) is 11.6 Å². The number of carboxylic acids is 1. The van der Waals surface area contributed by atoms with Crippen LogP contribution in [-0.2, 0) is 16.1 Å². The molecule has 1 heterocycles. The Labute approximate surface area is 149 Å². The number of allylic oxidation sites excluding steroid dienone is 4. The first-order valence-electron chi connectivity index (χ1n) is 8.27. The number of carbonyl (C=O) groups is 1. The maximum atomic E-state index is 13.7. The average molecular weight is 366 g/mol. The van der Waals surface area contributed by atoms with Gasteiger partial charge in [-0.25, -0.2) is 18.7 Å². The Bertz CT molecular complexity index is 780. The molecule has 1 aromatic heterocycles. The Balaban J connectivity index is 1.79. The number of nitrogens with zero attached hydrogens (tertiary/aromatic N) is 2. The topological polar surface area (TPSA) is 81.5 Å². The molecule has 3 rings (SSSR count). The monoisotopic (exact) mass is 366 g/mol. The first-order chi connectivity index (χ1) is 12.4. The van der Waals surface area contributed by atoms with Gasteiger partial charge in [-0.3, -0.25) is 4.79 Å². The molecule has 3 atom stereocenters. The van der Waals surface area contributed by atoms with Gasteiger partial charge in [0.25, 0.3) is 0 Å². The number of hydrogen-bond donors (Lipinski definition) is 1. The van der Waals surface area contributed by atoms with E-state index in [1.807, 2.05) is 0 Å². The van der Waals surface area contributed by atoms with E-state index in [0.29, 0.717) is 23.7 Å². The number of aliphatic carboxylic acids is 1. The molecule has 0 saturated heterocycles. The zero-order valence-electron chi connectivity index (χ0n) is 14.5. The zero-order valence-corrected chi connectivity index (χ0v) is 14.5. The summed E-state index contributed by atoms with van der Waals surface area (Å²) in [6, 6.07) is 0. The van der Waals surface area contributed by atoms with Crippen LogP contribution in [0.3, 0.4) is 0 Å². The van der Waals surface area contributed by atoms with Crippen molar-refractivity contribution in [3.63, 3.8) is 0 Å². The summed E-state index contributed by atoms with van der Waals surface area (Å²) in [4.78, 5) is 19.8. The molecular weight excluding hydrogens is 346 g/mol. The van der Waals surface area contributed by atoms with Crippen molar-refractivity contribution in [2.45, 2.75) is 26.4 Å².